The van der Waals surface area contributed by atoms with Gasteiger partial charge in [0.15, 0.2) is 0 Å². The number of halogens is 1. The van der Waals surface area contributed by atoms with Gasteiger partial charge in [0.1, 0.15) is 0 Å². The molecule has 0 fully saturated rings. The van der Waals surface area contributed by atoms with Gasteiger partial charge in [0.05, 0.1) is 0 Å². The van der Waals surface area contributed by atoms with Gasteiger partial charge in [0, 0.05) is 36.1 Å². The monoisotopic (exact) mass is 250 g/mol. The summed E-state index contributed by atoms with van der Waals surface area (Å²) in [7, 11) is 0. The molecule has 3 heteroatoms. The molecule has 2 heterocycles. The number of aromatic nitrogens is 1. The number of benzene rings is 1. The molecule has 1 aliphatic heterocycles. The summed E-state index contributed by atoms with van der Waals surface area (Å²) in [5.41, 5.74) is 5.62. The number of aromatic amines is 1. The largest absolute Gasteiger partial charge is 0.358 e. The van der Waals surface area contributed by atoms with Crippen molar-refractivity contribution in [1.82, 2.24) is 10.3 Å². The summed E-state index contributed by atoms with van der Waals surface area (Å²) in [4.78, 5) is 3.54. The number of nitrogens with one attached hydrogen (secondary N) is 2. The smallest absolute Gasteiger partial charge is 0.0459 e. The van der Waals surface area contributed by atoms with Gasteiger partial charge in [-0.2, -0.15) is 0 Å². The molecule has 2 nitrogen and oxygen atoms in total. The zero-order valence-electron chi connectivity index (χ0n) is 10.3. The van der Waals surface area contributed by atoms with Gasteiger partial charge in [-0.1, -0.05) is 19.9 Å². The Morgan fingerprint density at radius 1 is 1.24 bits per heavy atom. The van der Waals surface area contributed by atoms with E-state index in [0.717, 1.165) is 19.5 Å². The van der Waals surface area contributed by atoms with Crippen molar-refractivity contribution in [1.29, 1.82) is 0 Å². The summed E-state index contributed by atoms with van der Waals surface area (Å²) < 4.78 is 0. The summed E-state index contributed by atoms with van der Waals surface area (Å²) in [5.74, 6) is 0.603. The second kappa shape index (κ2) is 4.71. The van der Waals surface area contributed by atoms with Crippen LogP contribution in [0.4, 0.5) is 0 Å². The quantitative estimate of drug-likeness (QED) is 0.798. The molecule has 17 heavy (non-hydrogen) atoms. The van der Waals surface area contributed by atoms with Crippen LogP contribution in [0.25, 0.3) is 10.9 Å². The van der Waals surface area contributed by atoms with Crippen LogP contribution in [-0.4, -0.2) is 11.5 Å². The van der Waals surface area contributed by atoms with E-state index < -0.39 is 0 Å². The third kappa shape index (κ3) is 2.07. The first-order valence-electron chi connectivity index (χ1n) is 6.10. The summed E-state index contributed by atoms with van der Waals surface area (Å²) in [6, 6.07) is 6.81. The highest BCUT2D eigenvalue weighted by Gasteiger charge is 2.15. The molecule has 0 atom stereocenters. The Hall–Kier alpha value is -0.990. The summed E-state index contributed by atoms with van der Waals surface area (Å²) in [6.07, 6.45) is 1.13. The van der Waals surface area contributed by atoms with Crippen LogP contribution in [0.5, 0.6) is 0 Å². The predicted molar refractivity (Wildman–Crippen MR) is 75.0 cm³/mol. The third-order valence-electron chi connectivity index (χ3n) is 3.54. The average Bonchev–Trinajstić information content (AvgIpc) is 2.66. The van der Waals surface area contributed by atoms with Gasteiger partial charge < -0.3 is 10.3 Å². The van der Waals surface area contributed by atoms with Gasteiger partial charge in [-0.3, -0.25) is 0 Å². The van der Waals surface area contributed by atoms with Crippen LogP contribution in [0.2, 0.25) is 0 Å². The fourth-order valence-corrected chi connectivity index (χ4v) is 2.52. The van der Waals surface area contributed by atoms with Gasteiger partial charge in [-0.05, 0) is 29.2 Å². The van der Waals surface area contributed by atoms with Crippen LogP contribution in [0.15, 0.2) is 18.2 Å². The van der Waals surface area contributed by atoms with E-state index in [1.54, 1.807) is 0 Å². The normalized spacial score (nSPS) is 14.8. The van der Waals surface area contributed by atoms with Gasteiger partial charge in [0.2, 0.25) is 0 Å². The fourth-order valence-electron chi connectivity index (χ4n) is 2.52. The fraction of sp³-hybridized carbons (Fsp3) is 0.429. The number of H-pyrrole nitrogens is 1. The van der Waals surface area contributed by atoms with Crippen molar-refractivity contribution >= 4 is 23.3 Å². The molecule has 1 aliphatic rings. The minimum absolute atomic E-state index is 0. The highest BCUT2D eigenvalue weighted by atomic mass is 35.5. The van der Waals surface area contributed by atoms with E-state index in [1.165, 1.54) is 27.7 Å². The molecule has 0 bridgehead atoms. The molecule has 0 amide bonds. The van der Waals surface area contributed by atoms with Gasteiger partial charge in [0.25, 0.3) is 0 Å². The maximum Gasteiger partial charge on any atom is 0.0459 e. The van der Waals surface area contributed by atoms with E-state index in [0.29, 0.717) is 5.92 Å². The molecular weight excluding hydrogens is 232 g/mol. The number of rotatable bonds is 1. The molecule has 0 spiro atoms. The summed E-state index contributed by atoms with van der Waals surface area (Å²) >= 11 is 0. The topological polar surface area (TPSA) is 27.8 Å². The van der Waals surface area contributed by atoms with Gasteiger partial charge in [-0.15, -0.1) is 12.4 Å². The molecule has 1 aromatic heterocycles. The first-order valence-corrected chi connectivity index (χ1v) is 6.10. The zero-order valence-corrected chi connectivity index (χ0v) is 11.2. The van der Waals surface area contributed by atoms with Crippen molar-refractivity contribution in [2.45, 2.75) is 32.7 Å². The maximum atomic E-state index is 3.54. The number of hydrogen-bond donors (Lipinski definition) is 2. The molecule has 0 aliphatic carbocycles. The Morgan fingerprint density at radius 2 is 2.06 bits per heavy atom. The van der Waals surface area contributed by atoms with Crippen LogP contribution >= 0.6 is 12.4 Å². The standard InChI is InChI=1S/C14H18N2.ClH/c1-9(2)10-3-4-13-11(7-10)12-8-15-6-5-14(12)16-13;/h3-4,7,9,15-16H,5-6,8H2,1-2H3;1H. The Bertz CT molecular complexity index is 528. The second-order valence-corrected chi connectivity index (χ2v) is 4.97. The zero-order chi connectivity index (χ0) is 11.1. The van der Waals surface area contributed by atoms with Crippen molar-refractivity contribution < 1.29 is 0 Å². The lowest BCUT2D eigenvalue weighted by atomic mass is 9.99. The Kier molecular flexibility index (Phi) is 3.45. The molecule has 0 radical (unpaired) electrons. The van der Waals surface area contributed by atoms with Crippen molar-refractivity contribution in [3.05, 3.63) is 35.0 Å². The first-order chi connectivity index (χ1) is 7.75. The summed E-state index contributed by atoms with van der Waals surface area (Å²) in [6.45, 7) is 6.60. The molecule has 92 valence electrons. The van der Waals surface area contributed by atoms with Crippen LogP contribution in [0, 0.1) is 0 Å². The average molecular weight is 251 g/mol. The second-order valence-electron chi connectivity index (χ2n) is 4.97. The van der Waals surface area contributed by atoms with E-state index in [1.807, 2.05) is 0 Å². The van der Waals surface area contributed by atoms with Crippen molar-refractivity contribution in [2.24, 2.45) is 0 Å². The Labute approximate surface area is 108 Å². The molecule has 2 aromatic rings. The highest BCUT2D eigenvalue weighted by Crippen LogP contribution is 2.27. The first kappa shape index (κ1) is 12.5. The molecule has 0 unspecified atom stereocenters. The third-order valence-corrected chi connectivity index (χ3v) is 3.54. The van der Waals surface area contributed by atoms with Crippen LogP contribution in [0.3, 0.4) is 0 Å². The number of fused-ring (bicyclic) bond motifs is 3. The SMILES string of the molecule is CC(C)c1ccc2[nH]c3c(c2c1)CNCC3.Cl. The van der Waals surface area contributed by atoms with Gasteiger partial charge in [-0.25, -0.2) is 0 Å². The molecule has 0 saturated heterocycles. The Balaban J connectivity index is 0.00000108. The van der Waals surface area contributed by atoms with Crippen molar-refractivity contribution in [3.63, 3.8) is 0 Å². The van der Waals surface area contributed by atoms with E-state index in [9.17, 15) is 0 Å². The lowest BCUT2D eigenvalue weighted by molar-refractivity contribution is 0.641. The van der Waals surface area contributed by atoms with Crippen molar-refractivity contribution in [2.75, 3.05) is 6.54 Å². The molecule has 1 aromatic carbocycles. The minimum atomic E-state index is 0. The maximum absolute atomic E-state index is 3.54. The molecule has 0 saturated carbocycles. The molecule has 3 rings (SSSR count). The Morgan fingerprint density at radius 3 is 2.82 bits per heavy atom. The van der Waals surface area contributed by atoms with Gasteiger partial charge >= 0.3 is 0 Å². The summed E-state index contributed by atoms with van der Waals surface area (Å²) in [5, 5.41) is 4.86. The molecule has 2 N–H and O–H groups in total. The van der Waals surface area contributed by atoms with E-state index in [4.69, 9.17) is 0 Å². The van der Waals surface area contributed by atoms with Crippen LogP contribution in [-0.2, 0) is 13.0 Å². The number of hydrogen-bond acceptors (Lipinski definition) is 1. The lowest BCUT2D eigenvalue weighted by Crippen LogP contribution is -2.22. The van der Waals surface area contributed by atoms with Crippen molar-refractivity contribution in [3.8, 4) is 0 Å². The van der Waals surface area contributed by atoms with E-state index >= 15 is 0 Å². The highest BCUT2D eigenvalue weighted by molar-refractivity contribution is 5.86. The van der Waals surface area contributed by atoms with Crippen LogP contribution in [0.1, 0.15) is 36.6 Å². The van der Waals surface area contributed by atoms with E-state index in [2.05, 4.69) is 42.3 Å². The lowest BCUT2D eigenvalue weighted by Gasteiger charge is -2.13. The van der Waals surface area contributed by atoms with Crippen LogP contribution < -0.4 is 5.32 Å². The van der Waals surface area contributed by atoms with E-state index in [-0.39, 0.29) is 12.4 Å². The minimum Gasteiger partial charge on any atom is -0.358 e. The molecular formula is C14H19ClN2. The predicted octanol–water partition coefficient (Wildman–Crippen LogP) is 3.36.